The lowest BCUT2D eigenvalue weighted by Gasteiger charge is -2.20. The number of nitrogens with zero attached hydrogens (tertiary/aromatic N) is 1. The van der Waals surface area contributed by atoms with E-state index >= 15 is 0 Å². The SMILES string of the molecule is O=C(O)CCNC(=O)c1ccc(C(CCC(F)(F)F)Oc2ccc(Cl)nc2)cc1. The van der Waals surface area contributed by atoms with E-state index < -0.39 is 30.6 Å². The van der Waals surface area contributed by atoms with Crippen LogP contribution in [-0.2, 0) is 4.79 Å². The van der Waals surface area contributed by atoms with Gasteiger partial charge in [0.05, 0.1) is 12.6 Å². The molecule has 29 heavy (non-hydrogen) atoms. The van der Waals surface area contributed by atoms with Gasteiger partial charge in [0.15, 0.2) is 0 Å². The van der Waals surface area contributed by atoms with Crippen molar-refractivity contribution in [2.24, 2.45) is 0 Å². The van der Waals surface area contributed by atoms with Gasteiger partial charge < -0.3 is 15.2 Å². The topological polar surface area (TPSA) is 88.5 Å². The number of halogens is 4. The summed E-state index contributed by atoms with van der Waals surface area (Å²) in [7, 11) is 0. The molecule has 1 aromatic carbocycles. The molecule has 0 fully saturated rings. The zero-order valence-corrected chi connectivity index (χ0v) is 15.8. The Kier molecular flexibility index (Phi) is 7.83. The molecule has 0 spiro atoms. The van der Waals surface area contributed by atoms with Gasteiger partial charge in [-0.05, 0) is 36.2 Å². The lowest BCUT2D eigenvalue weighted by molar-refractivity contribution is -0.139. The van der Waals surface area contributed by atoms with E-state index in [-0.39, 0.29) is 35.9 Å². The first-order chi connectivity index (χ1) is 13.6. The number of rotatable bonds is 9. The van der Waals surface area contributed by atoms with Crippen LogP contribution in [0.1, 0.15) is 41.3 Å². The Labute approximate surface area is 169 Å². The maximum absolute atomic E-state index is 12.7. The van der Waals surface area contributed by atoms with E-state index in [1.807, 2.05) is 0 Å². The molecule has 0 bridgehead atoms. The Morgan fingerprint density at radius 1 is 1.17 bits per heavy atom. The van der Waals surface area contributed by atoms with Gasteiger partial charge in [-0.3, -0.25) is 9.59 Å². The molecule has 2 N–H and O–H groups in total. The summed E-state index contributed by atoms with van der Waals surface area (Å²) in [6, 6.07) is 8.83. The first-order valence-electron chi connectivity index (χ1n) is 8.59. The van der Waals surface area contributed by atoms with E-state index in [2.05, 4.69) is 10.3 Å². The predicted octanol–water partition coefficient (Wildman–Crippen LogP) is 4.40. The monoisotopic (exact) mass is 430 g/mol. The molecule has 2 rings (SSSR count). The number of aromatic nitrogens is 1. The average molecular weight is 431 g/mol. The second kappa shape index (κ2) is 10.1. The largest absolute Gasteiger partial charge is 0.484 e. The van der Waals surface area contributed by atoms with Gasteiger partial charge in [-0.1, -0.05) is 23.7 Å². The van der Waals surface area contributed by atoms with Crippen LogP contribution in [0.4, 0.5) is 13.2 Å². The number of aliphatic carboxylic acids is 1. The molecule has 0 aliphatic rings. The third-order valence-electron chi connectivity index (χ3n) is 3.84. The molecule has 0 saturated carbocycles. The van der Waals surface area contributed by atoms with E-state index in [9.17, 15) is 22.8 Å². The van der Waals surface area contributed by atoms with Crippen molar-refractivity contribution < 1.29 is 32.6 Å². The molecule has 0 saturated heterocycles. The molecule has 6 nitrogen and oxygen atoms in total. The minimum Gasteiger partial charge on any atom is -0.484 e. The van der Waals surface area contributed by atoms with Gasteiger partial charge >= 0.3 is 12.1 Å². The van der Waals surface area contributed by atoms with Crippen molar-refractivity contribution in [1.82, 2.24) is 10.3 Å². The van der Waals surface area contributed by atoms with Crippen LogP contribution in [0.5, 0.6) is 5.75 Å². The van der Waals surface area contributed by atoms with Crippen molar-refractivity contribution in [3.63, 3.8) is 0 Å². The number of hydrogen-bond donors (Lipinski definition) is 2. The number of amides is 1. The maximum Gasteiger partial charge on any atom is 0.389 e. The Hall–Kier alpha value is -2.81. The number of carboxylic acid groups (broad SMARTS) is 1. The quantitative estimate of drug-likeness (QED) is 0.575. The Bertz CT molecular complexity index is 827. The van der Waals surface area contributed by atoms with E-state index in [0.29, 0.717) is 5.56 Å². The number of carbonyl (C=O) groups excluding carboxylic acids is 1. The minimum absolute atomic E-state index is 0.0309. The summed E-state index contributed by atoms with van der Waals surface area (Å²) in [4.78, 5) is 26.3. The Morgan fingerprint density at radius 2 is 1.86 bits per heavy atom. The molecule has 0 radical (unpaired) electrons. The van der Waals surface area contributed by atoms with E-state index in [0.717, 1.165) is 0 Å². The second-order valence-corrected chi connectivity index (χ2v) is 6.49. The molecule has 0 aliphatic carbocycles. The zero-order chi connectivity index (χ0) is 21.4. The summed E-state index contributed by atoms with van der Waals surface area (Å²) >= 11 is 5.70. The van der Waals surface area contributed by atoms with Gasteiger partial charge in [0, 0.05) is 18.5 Å². The van der Waals surface area contributed by atoms with E-state index in [1.165, 1.54) is 42.6 Å². The summed E-state index contributed by atoms with van der Waals surface area (Å²) in [6.45, 7) is -0.0309. The molecule has 10 heteroatoms. The van der Waals surface area contributed by atoms with Gasteiger partial charge in [0.25, 0.3) is 5.91 Å². The third-order valence-corrected chi connectivity index (χ3v) is 4.06. The van der Waals surface area contributed by atoms with Gasteiger partial charge in [0.2, 0.25) is 0 Å². The number of carbonyl (C=O) groups is 2. The lowest BCUT2D eigenvalue weighted by atomic mass is 10.0. The molecule has 2 aromatic rings. The Morgan fingerprint density at radius 3 is 2.41 bits per heavy atom. The van der Waals surface area contributed by atoms with Crippen molar-refractivity contribution in [3.05, 3.63) is 58.9 Å². The minimum atomic E-state index is -4.34. The van der Waals surface area contributed by atoms with E-state index in [1.54, 1.807) is 0 Å². The second-order valence-electron chi connectivity index (χ2n) is 6.10. The van der Waals surface area contributed by atoms with Crippen molar-refractivity contribution >= 4 is 23.5 Å². The summed E-state index contributed by atoms with van der Waals surface area (Å²) in [5.74, 6) is -1.26. The summed E-state index contributed by atoms with van der Waals surface area (Å²) < 4.78 is 43.7. The molecule has 1 aromatic heterocycles. The van der Waals surface area contributed by atoms with Crippen LogP contribution in [0.2, 0.25) is 5.15 Å². The van der Waals surface area contributed by atoms with E-state index in [4.69, 9.17) is 21.4 Å². The van der Waals surface area contributed by atoms with Crippen molar-refractivity contribution in [2.45, 2.75) is 31.5 Å². The van der Waals surface area contributed by atoms with Crippen molar-refractivity contribution in [3.8, 4) is 5.75 Å². The highest BCUT2D eigenvalue weighted by atomic mass is 35.5. The van der Waals surface area contributed by atoms with Crippen LogP contribution in [-0.4, -0.2) is 34.7 Å². The van der Waals surface area contributed by atoms with Crippen LogP contribution < -0.4 is 10.1 Å². The highest BCUT2D eigenvalue weighted by molar-refractivity contribution is 6.29. The number of carboxylic acids is 1. The maximum atomic E-state index is 12.7. The normalized spacial score (nSPS) is 12.3. The number of benzene rings is 1. The first-order valence-corrected chi connectivity index (χ1v) is 8.97. The van der Waals surface area contributed by atoms with Gasteiger partial charge in [-0.2, -0.15) is 13.2 Å². The molecule has 0 aliphatic heterocycles. The molecular weight excluding hydrogens is 413 g/mol. The van der Waals surface area contributed by atoms with Crippen molar-refractivity contribution in [2.75, 3.05) is 6.54 Å². The summed E-state index contributed by atoms with van der Waals surface area (Å²) in [5.41, 5.74) is 0.702. The smallest absolute Gasteiger partial charge is 0.389 e. The number of alkyl halides is 3. The highest BCUT2D eigenvalue weighted by Gasteiger charge is 2.29. The predicted molar refractivity (Wildman–Crippen MR) is 98.9 cm³/mol. The average Bonchev–Trinajstić information content (AvgIpc) is 2.65. The highest BCUT2D eigenvalue weighted by Crippen LogP contribution is 2.31. The van der Waals surface area contributed by atoms with Crippen LogP contribution in [0.3, 0.4) is 0 Å². The Balaban J connectivity index is 2.11. The standard InChI is InChI=1S/C19H18ClF3N2O4/c20-16-6-5-14(11-25-16)29-15(7-9-19(21,22)23)12-1-3-13(4-2-12)18(28)24-10-8-17(26)27/h1-6,11,15H,7-10H2,(H,24,28)(H,26,27). The fourth-order valence-corrected chi connectivity index (χ4v) is 2.53. The lowest BCUT2D eigenvalue weighted by Crippen LogP contribution is -2.26. The molecule has 1 heterocycles. The van der Waals surface area contributed by atoms with Crippen LogP contribution in [0, 0.1) is 0 Å². The number of nitrogens with one attached hydrogen (secondary N) is 1. The first kappa shape index (κ1) is 22.5. The fourth-order valence-electron chi connectivity index (χ4n) is 2.42. The molecule has 1 amide bonds. The zero-order valence-electron chi connectivity index (χ0n) is 15.1. The number of ether oxygens (including phenoxy) is 1. The van der Waals surface area contributed by atoms with Gasteiger partial charge in [-0.25, -0.2) is 4.98 Å². The van der Waals surface area contributed by atoms with Crippen LogP contribution >= 0.6 is 11.6 Å². The summed E-state index contributed by atoms with van der Waals surface area (Å²) in [6.07, 6.45) is -5.53. The third kappa shape index (κ3) is 7.98. The fraction of sp³-hybridized carbons (Fsp3) is 0.316. The van der Waals surface area contributed by atoms with Crippen LogP contribution in [0.15, 0.2) is 42.6 Å². The molecule has 1 unspecified atom stereocenters. The van der Waals surface area contributed by atoms with Gasteiger partial charge in [0.1, 0.15) is 17.0 Å². The number of hydrogen-bond acceptors (Lipinski definition) is 4. The van der Waals surface area contributed by atoms with Crippen LogP contribution in [0.25, 0.3) is 0 Å². The molecular formula is C19H18ClF3N2O4. The molecule has 1 atom stereocenters. The summed E-state index contributed by atoms with van der Waals surface area (Å²) in [5, 5.41) is 11.3. The van der Waals surface area contributed by atoms with Crippen molar-refractivity contribution in [1.29, 1.82) is 0 Å². The van der Waals surface area contributed by atoms with Gasteiger partial charge in [-0.15, -0.1) is 0 Å². The molecule has 156 valence electrons. The number of pyridine rings is 1.